The van der Waals surface area contributed by atoms with E-state index in [-0.39, 0.29) is 23.6 Å². The van der Waals surface area contributed by atoms with Crippen LogP contribution < -0.4 is 22.5 Å². The van der Waals surface area contributed by atoms with Gasteiger partial charge in [0.05, 0.1) is 33.7 Å². The lowest BCUT2D eigenvalue weighted by Gasteiger charge is -2.28. The molecule has 0 aliphatic heterocycles. The number of rotatable bonds is 5. The number of nitrogens with one attached hydrogen (secondary N) is 1. The Hall–Kier alpha value is -3.69. The van der Waals surface area contributed by atoms with Gasteiger partial charge in [-0.3, -0.25) is 0 Å². The molecule has 0 spiro atoms. The minimum atomic E-state index is -0.444. The summed E-state index contributed by atoms with van der Waals surface area (Å²) < 4.78 is 15.6. The summed E-state index contributed by atoms with van der Waals surface area (Å²) in [4.78, 5) is 8.83. The Bertz CT molecular complexity index is 1460. The molecule has 7 N–H and O–H groups in total. The number of benzene rings is 1. The van der Waals surface area contributed by atoms with Gasteiger partial charge in [-0.2, -0.15) is 5.10 Å². The summed E-state index contributed by atoms with van der Waals surface area (Å²) in [6.07, 6.45) is 7.37. The molecule has 1 aliphatic carbocycles. The largest absolute Gasteiger partial charge is 0.384 e. The summed E-state index contributed by atoms with van der Waals surface area (Å²) in [6.45, 7) is 1.92. The Morgan fingerprint density at radius 1 is 1.17 bits per heavy atom. The SMILES string of the molecule is Cc1nc(N)ccc1-c1cc2c(N[C@H]3CC[C@H](N)CC3)c(/C(N)=N/c3cc(F)ccc3Cl)cnn2c1. The number of halogens is 2. The van der Waals surface area contributed by atoms with E-state index >= 15 is 0 Å². The minimum Gasteiger partial charge on any atom is -0.384 e. The van der Waals surface area contributed by atoms with Gasteiger partial charge in [-0.1, -0.05) is 11.6 Å². The topological polar surface area (TPSA) is 133 Å². The maximum atomic E-state index is 13.8. The second kappa shape index (κ2) is 9.75. The molecule has 0 unspecified atom stereocenters. The van der Waals surface area contributed by atoms with Crippen LogP contribution in [0.2, 0.25) is 5.02 Å². The average molecular weight is 507 g/mol. The summed E-state index contributed by atoms with van der Waals surface area (Å²) in [6, 6.07) is 10.2. The van der Waals surface area contributed by atoms with Crippen molar-refractivity contribution in [2.75, 3.05) is 11.1 Å². The van der Waals surface area contributed by atoms with Crippen molar-refractivity contribution < 1.29 is 4.39 Å². The number of anilines is 2. The zero-order valence-corrected chi connectivity index (χ0v) is 20.6. The zero-order chi connectivity index (χ0) is 25.4. The predicted molar refractivity (Wildman–Crippen MR) is 143 cm³/mol. The number of aryl methyl sites for hydroxylation is 1. The molecular weight excluding hydrogens is 479 g/mol. The lowest BCUT2D eigenvalue weighted by molar-refractivity contribution is 0.411. The molecule has 1 fully saturated rings. The van der Waals surface area contributed by atoms with E-state index in [0.717, 1.165) is 53.7 Å². The third-order valence-electron chi connectivity index (χ3n) is 6.60. The molecule has 5 rings (SSSR count). The molecule has 36 heavy (non-hydrogen) atoms. The van der Waals surface area contributed by atoms with Crippen LogP contribution >= 0.6 is 11.6 Å². The number of aliphatic imine (C=N–C) groups is 1. The van der Waals surface area contributed by atoms with Crippen LogP contribution in [0.1, 0.15) is 36.9 Å². The molecule has 0 bridgehead atoms. The number of fused-ring (bicyclic) bond motifs is 1. The van der Waals surface area contributed by atoms with Gasteiger partial charge in [-0.15, -0.1) is 0 Å². The van der Waals surface area contributed by atoms with Crippen molar-refractivity contribution in [2.24, 2.45) is 16.5 Å². The van der Waals surface area contributed by atoms with Gasteiger partial charge >= 0.3 is 0 Å². The number of pyridine rings is 1. The quantitative estimate of drug-likeness (QED) is 0.227. The highest BCUT2D eigenvalue weighted by Crippen LogP contribution is 2.33. The summed E-state index contributed by atoms with van der Waals surface area (Å²) in [7, 11) is 0. The molecule has 1 aromatic carbocycles. The maximum absolute atomic E-state index is 13.8. The van der Waals surface area contributed by atoms with E-state index in [2.05, 4.69) is 20.4 Å². The molecule has 3 aromatic heterocycles. The van der Waals surface area contributed by atoms with E-state index in [1.54, 1.807) is 16.8 Å². The zero-order valence-electron chi connectivity index (χ0n) is 19.9. The lowest BCUT2D eigenvalue weighted by Crippen LogP contribution is -2.33. The number of nitrogens with zero attached hydrogens (tertiary/aromatic N) is 4. The van der Waals surface area contributed by atoms with Crippen LogP contribution in [0.4, 0.5) is 21.6 Å². The molecule has 3 heterocycles. The van der Waals surface area contributed by atoms with E-state index in [4.69, 9.17) is 28.8 Å². The summed E-state index contributed by atoms with van der Waals surface area (Å²) in [5.74, 6) is 0.207. The fourth-order valence-corrected chi connectivity index (χ4v) is 4.82. The van der Waals surface area contributed by atoms with E-state index < -0.39 is 5.82 Å². The van der Waals surface area contributed by atoms with Crippen LogP contribution in [0.25, 0.3) is 16.6 Å². The highest BCUT2D eigenvalue weighted by molar-refractivity contribution is 6.33. The summed E-state index contributed by atoms with van der Waals surface area (Å²) in [5, 5.41) is 8.57. The Labute approximate surface area is 213 Å². The number of amidine groups is 1. The molecule has 186 valence electrons. The molecular formula is C26H28ClFN8. The molecule has 0 radical (unpaired) electrons. The molecule has 8 nitrogen and oxygen atoms in total. The van der Waals surface area contributed by atoms with Crippen LogP contribution in [0.5, 0.6) is 0 Å². The second-order valence-corrected chi connectivity index (χ2v) is 9.62. The minimum absolute atomic E-state index is 0.181. The summed E-state index contributed by atoms with van der Waals surface area (Å²) in [5.41, 5.74) is 23.6. The van der Waals surface area contributed by atoms with Crippen LogP contribution in [0.15, 0.2) is 53.8 Å². The standard InChI is InChI=1S/C26H28ClFN8/c1-14-19(7-9-24(30)33-14)15-10-23-25(34-18-5-3-17(29)4-6-18)20(12-32-36(23)13-15)26(31)35-22-11-16(28)2-8-21(22)27/h2,7-13,17-18,34H,3-6,29H2,1H3,(H2,30,33)(H2,31,35)/t17-,18-. The highest BCUT2D eigenvalue weighted by Gasteiger charge is 2.22. The van der Waals surface area contributed by atoms with Crippen molar-refractivity contribution in [1.82, 2.24) is 14.6 Å². The van der Waals surface area contributed by atoms with Crippen molar-refractivity contribution >= 4 is 40.1 Å². The summed E-state index contributed by atoms with van der Waals surface area (Å²) >= 11 is 6.24. The number of hydrogen-bond donors (Lipinski definition) is 4. The average Bonchev–Trinajstić information content (AvgIpc) is 3.27. The molecule has 0 saturated heterocycles. The Balaban J connectivity index is 1.62. The van der Waals surface area contributed by atoms with Gasteiger partial charge in [-0.25, -0.2) is 18.9 Å². The third kappa shape index (κ3) is 4.84. The second-order valence-electron chi connectivity index (χ2n) is 9.21. The first-order valence-corrected chi connectivity index (χ1v) is 12.2. The Kier molecular flexibility index (Phi) is 6.51. The van der Waals surface area contributed by atoms with E-state index in [1.165, 1.54) is 18.2 Å². The number of nitrogen functional groups attached to an aromatic ring is 1. The molecule has 0 amide bonds. The van der Waals surface area contributed by atoms with Crippen molar-refractivity contribution in [3.63, 3.8) is 0 Å². The van der Waals surface area contributed by atoms with E-state index in [9.17, 15) is 4.39 Å². The highest BCUT2D eigenvalue weighted by atomic mass is 35.5. The molecule has 1 saturated carbocycles. The molecule has 0 atom stereocenters. The van der Waals surface area contributed by atoms with Crippen molar-refractivity contribution in [3.05, 3.63) is 70.9 Å². The smallest absolute Gasteiger partial charge is 0.135 e. The van der Waals surface area contributed by atoms with Gasteiger partial charge in [0.25, 0.3) is 0 Å². The molecule has 1 aliphatic rings. The van der Waals surface area contributed by atoms with E-state index in [1.807, 2.05) is 25.3 Å². The lowest BCUT2D eigenvalue weighted by atomic mass is 9.91. The van der Waals surface area contributed by atoms with Crippen LogP contribution in [0.3, 0.4) is 0 Å². The molecule has 4 aromatic rings. The van der Waals surface area contributed by atoms with Crippen molar-refractivity contribution in [1.29, 1.82) is 0 Å². The van der Waals surface area contributed by atoms with Crippen molar-refractivity contribution in [2.45, 2.75) is 44.7 Å². The van der Waals surface area contributed by atoms with Gasteiger partial charge in [0, 0.05) is 41.2 Å². The third-order valence-corrected chi connectivity index (χ3v) is 6.92. The van der Waals surface area contributed by atoms with Gasteiger partial charge in [0.15, 0.2) is 0 Å². The van der Waals surface area contributed by atoms with Crippen molar-refractivity contribution in [3.8, 4) is 11.1 Å². The number of hydrogen-bond acceptors (Lipinski definition) is 6. The fourth-order valence-electron chi connectivity index (χ4n) is 4.66. The first kappa shape index (κ1) is 24.0. The first-order chi connectivity index (χ1) is 17.3. The monoisotopic (exact) mass is 506 g/mol. The molecule has 10 heteroatoms. The Morgan fingerprint density at radius 3 is 2.69 bits per heavy atom. The van der Waals surface area contributed by atoms with Crippen LogP contribution in [0, 0.1) is 12.7 Å². The number of nitrogens with two attached hydrogens (primary N) is 3. The van der Waals surface area contributed by atoms with E-state index in [0.29, 0.717) is 16.4 Å². The predicted octanol–water partition coefficient (Wildman–Crippen LogP) is 4.80. The number of aromatic nitrogens is 3. The maximum Gasteiger partial charge on any atom is 0.135 e. The van der Waals surface area contributed by atoms with Crippen LogP contribution in [-0.2, 0) is 0 Å². The Morgan fingerprint density at radius 2 is 1.94 bits per heavy atom. The van der Waals surface area contributed by atoms with Gasteiger partial charge in [0.2, 0.25) is 0 Å². The normalized spacial score (nSPS) is 18.5. The fraction of sp³-hybridized carbons (Fsp3) is 0.269. The first-order valence-electron chi connectivity index (χ1n) is 11.8. The van der Waals surface area contributed by atoms with Gasteiger partial charge in [0.1, 0.15) is 17.5 Å². The van der Waals surface area contributed by atoms with Crippen LogP contribution in [-0.4, -0.2) is 32.5 Å². The van der Waals surface area contributed by atoms with Gasteiger partial charge < -0.3 is 22.5 Å². The van der Waals surface area contributed by atoms with Gasteiger partial charge in [-0.05, 0) is 62.9 Å².